The van der Waals surface area contributed by atoms with E-state index in [1.807, 2.05) is 0 Å². The lowest BCUT2D eigenvalue weighted by atomic mass is 10.1. The highest BCUT2D eigenvalue weighted by Crippen LogP contribution is 2.16. The zero-order chi connectivity index (χ0) is 13.7. The third-order valence-corrected chi connectivity index (χ3v) is 3.25. The van der Waals surface area contributed by atoms with Crippen LogP contribution in [0.15, 0.2) is 12.1 Å². The molecule has 2 N–H and O–H groups in total. The van der Waals surface area contributed by atoms with E-state index >= 15 is 0 Å². The summed E-state index contributed by atoms with van der Waals surface area (Å²) in [5, 5.41) is 12.2. The minimum Gasteiger partial charge on any atom is -0.478 e. The smallest absolute Gasteiger partial charge is 0.335 e. The van der Waals surface area contributed by atoms with E-state index < -0.39 is 5.97 Å². The summed E-state index contributed by atoms with van der Waals surface area (Å²) in [5.41, 5.74) is 0.972. The highest BCUT2D eigenvalue weighted by Gasteiger charge is 2.13. The van der Waals surface area contributed by atoms with Gasteiger partial charge in [0.15, 0.2) is 0 Å². The second kappa shape index (κ2) is 6.52. The Morgan fingerprint density at radius 1 is 1.53 bits per heavy atom. The normalized spacial score (nSPS) is 19.1. The van der Waals surface area contributed by atoms with Crippen molar-refractivity contribution in [2.45, 2.75) is 38.7 Å². The number of aromatic nitrogens is 1. The number of ether oxygens (including phenoxy) is 1. The molecule has 2 heterocycles. The Bertz CT molecular complexity index is 442. The minimum absolute atomic E-state index is 0.268. The van der Waals surface area contributed by atoms with Crippen LogP contribution in [0.4, 0.5) is 5.82 Å². The first kappa shape index (κ1) is 13.8. The van der Waals surface area contributed by atoms with Crippen molar-refractivity contribution in [1.29, 1.82) is 0 Å². The molecular formula is C14H20N2O3. The van der Waals surface area contributed by atoms with Gasteiger partial charge in [-0.3, -0.25) is 0 Å². The van der Waals surface area contributed by atoms with Gasteiger partial charge in [0.1, 0.15) is 5.82 Å². The lowest BCUT2D eigenvalue weighted by molar-refractivity contribution is 0.0134. The van der Waals surface area contributed by atoms with E-state index in [1.54, 1.807) is 19.1 Å². The third kappa shape index (κ3) is 4.21. The number of anilines is 1. The Balaban J connectivity index is 1.86. The molecule has 0 aromatic carbocycles. The summed E-state index contributed by atoms with van der Waals surface area (Å²) in [6.07, 6.45) is 4.76. The Morgan fingerprint density at radius 3 is 3.05 bits per heavy atom. The molecule has 1 aromatic heterocycles. The monoisotopic (exact) mass is 264 g/mol. The predicted molar refractivity (Wildman–Crippen MR) is 72.6 cm³/mol. The maximum Gasteiger partial charge on any atom is 0.335 e. The van der Waals surface area contributed by atoms with Crippen LogP contribution < -0.4 is 5.32 Å². The number of nitrogens with one attached hydrogen (secondary N) is 1. The molecule has 1 unspecified atom stereocenters. The van der Waals surface area contributed by atoms with Gasteiger partial charge in [0.05, 0.1) is 11.7 Å². The number of pyridine rings is 1. The average molecular weight is 264 g/mol. The van der Waals surface area contributed by atoms with Gasteiger partial charge in [0.2, 0.25) is 0 Å². The van der Waals surface area contributed by atoms with Gasteiger partial charge >= 0.3 is 5.97 Å². The number of rotatable bonds is 5. The SMILES string of the molecule is Cc1cc(C(=O)O)cc(NCCC2CCCCO2)n1. The molecule has 0 spiro atoms. The molecule has 5 heteroatoms. The van der Waals surface area contributed by atoms with Crippen molar-refractivity contribution >= 4 is 11.8 Å². The zero-order valence-electron chi connectivity index (χ0n) is 11.2. The Morgan fingerprint density at radius 2 is 2.37 bits per heavy atom. The average Bonchev–Trinajstić information content (AvgIpc) is 2.39. The number of carboxylic acids is 1. The van der Waals surface area contributed by atoms with Crippen molar-refractivity contribution in [3.05, 3.63) is 23.4 Å². The Hall–Kier alpha value is -1.62. The number of hydrogen-bond acceptors (Lipinski definition) is 4. The number of aryl methyl sites for hydroxylation is 1. The maximum absolute atomic E-state index is 11.0. The zero-order valence-corrected chi connectivity index (χ0v) is 11.2. The van der Waals surface area contributed by atoms with Crippen LogP contribution in [-0.2, 0) is 4.74 Å². The van der Waals surface area contributed by atoms with Crippen LogP contribution in [-0.4, -0.2) is 35.3 Å². The van der Waals surface area contributed by atoms with Gasteiger partial charge in [-0.15, -0.1) is 0 Å². The number of hydrogen-bond donors (Lipinski definition) is 2. The first-order valence-corrected chi connectivity index (χ1v) is 6.72. The molecule has 0 bridgehead atoms. The van der Waals surface area contributed by atoms with E-state index in [1.165, 1.54) is 6.42 Å². The molecule has 104 valence electrons. The van der Waals surface area contributed by atoms with E-state index in [9.17, 15) is 4.79 Å². The summed E-state index contributed by atoms with van der Waals surface area (Å²) in [4.78, 5) is 15.2. The standard InChI is InChI=1S/C14H20N2O3/c1-10-8-11(14(17)18)9-13(16-10)15-6-5-12-4-2-3-7-19-12/h8-9,12H,2-7H2,1H3,(H,15,16)(H,17,18). The summed E-state index contributed by atoms with van der Waals surface area (Å²) >= 11 is 0. The quantitative estimate of drug-likeness (QED) is 0.854. The molecule has 0 aliphatic carbocycles. The van der Waals surface area contributed by atoms with Crippen molar-refractivity contribution in [1.82, 2.24) is 4.98 Å². The van der Waals surface area contributed by atoms with Gasteiger partial charge in [-0.25, -0.2) is 9.78 Å². The maximum atomic E-state index is 11.0. The summed E-state index contributed by atoms with van der Waals surface area (Å²) in [6.45, 7) is 3.40. The molecule has 1 aromatic rings. The fourth-order valence-corrected chi connectivity index (χ4v) is 2.28. The van der Waals surface area contributed by atoms with Crippen LogP contribution in [0.3, 0.4) is 0 Å². The van der Waals surface area contributed by atoms with Crippen molar-refractivity contribution in [3.63, 3.8) is 0 Å². The largest absolute Gasteiger partial charge is 0.478 e. The second-order valence-corrected chi connectivity index (χ2v) is 4.89. The van der Waals surface area contributed by atoms with Crippen LogP contribution in [0, 0.1) is 6.92 Å². The molecule has 1 saturated heterocycles. The lowest BCUT2D eigenvalue weighted by Crippen LogP contribution is -2.22. The fourth-order valence-electron chi connectivity index (χ4n) is 2.28. The van der Waals surface area contributed by atoms with Gasteiger partial charge in [-0.1, -0.05) is 0 Å². The molecule has 0 amide bonds. The second-order valence-electron chi connectivity index (χ2n) is 4.89. The van der Waals surface area contributed by atoms with Gasteiger partial charge in [-0.05, 0) is 44.7 Å². The Kier molecular flexibility index (Phi) is 4.74. The molecule has 1 aliphatic rings. The van der Waals surface area contributed by atoms with Gasteiger partial charge in [0, 0.05) is 18.8 Å². The summed E-state index contributed by atoms with van der Waals surface area (Å²) < 4.78 is 5.65. The van der Waals surface area contributed by atoms with E-state index in [-0.39, 0.29) is 5.56 Å². The molecule has 0 saturated carbocycles. The van der Waals surface area contributed by atoms with E-state index in [0.717, 1.165) is 32.4 Å². The summed E-state index contributed by atoms with van der Waals surface area (Å²) in [7, 11) is 0. The van der Waals surface area contributed by atoms with Crippen molar-refractivity contribution in [2.75, 3.05) is 18.5 Å². The lowest BCUT2D eigenvalue weighted by Gasteiger charge is -2.22. The molecule has 2 rings (SSSR count). The van der Waals surface area contributed by atoms with Crippen molar-refractivity contribution < 1.29 is 14.6 Å². The summed E-state index contributed by atoms with van der Waals surface area (Å²) in [5.74, 6) is -0.308. The van der Waals surface area contributed by atoms with E-state index in [4.69, 9.17) is 9.84 Å². The molecule has 0 radical (unpaired) electrons. The van der Waals surface area contributed by atoms with Crippen LogP contribution in [0.2, 0.25) is 0 Å². The van der Waals surface area contributed by atoms with E-state index in [2.05, 4.69) is 10.3 Å². The van der Waals surface area contributed by atoms with Gasteiger partial charge in [-0.2, -0.15) is 0 Å². The molecule has 1 aliphatic heterocycles. The molecular weight excluding hydrogens is 244 g/mol. The van der Waals surface area contributed by atoms with Crippen LogP contribution in [0.5, 0.6) is 0 Å². The third-order valence-electron chi connectivity index (χ3n) is 3.25. The minimum atomic E-state index is -0.927. The van der Waals surface area contributed by atoms with Crippen LogP contribution in [0.25, 0.3) is 0 Å². The number of carbonyl (C=O) groups is 1. The topological polar surface area (TPSA) is 71.5 Å². The highest BCUT2D eigenvalue weighted by molar-refractivity contribution is 5.88. The molecule has 1 fully saturated rings. The predicted octanol–water partition coefficient (Wildman–Crippen LogP) is 2.46. The summed E-state index contributed by atoms with van der Waals surface area (Å²) in [6, 6.07) is 3.13. The number of carboxylic acid groups (broad SMARTS) is 1. The van der Waals surface area contributed by atoms with Gasteiger partial charge < -0.3 is 15.2 Å². The highest BCUT2D eigenvalue weighted by atomic mass is 16.5. The number of nitrogens with zero attached hydrogens (tertiary/aromatic N) is 1. The van der Waals surface area contributed by atoms with Gasteiger partial charge in [0.25, 0.3) is 0 Å². The number of aromatic carboxylic acids is 1. The van der Waals surface area contributed by atoms with E-state index in [0.29, 0.717) is 17.6 Å². The first-order chi connectivity index (χ1) is 9.15. The first-order valence-electron chi connectivity index (χ1n) is 6.72. The Labute approximate surface area is 113 Å². The molecule has 5 nitrogen and oxygen atoms in total. The molecule has 19 heavy (non-hydrogen) atoms. The van der Waals surface area contributed by atoms with Crippen molar-refractivity contribution in [3.8, 4) is 0 Å². The molecule has 1 atom stereocenters. The van der Waals surface area contributed by atoms with Crippen LogP contribution >= 0.6 is 0 Å². The van der Waals surface area contributed by atoms with Crippen molar-refractivity contribution in [2.24, 2.45) is 0 Å². The van der Waals surface area contributed by atoms with Crippen LogP contribution in [0.1, 0.15) is 41.7 Å². The fraction of sp³-hybridized carbons (Fsp3) is 0.571.